The number of nitrogens with zero attached hydrogens (tertiary/aromatic N) is 1. The van der Waals surface area contributed by atoms with Crippen molar-refractivity contribution in [2.24, 2.45) is 5.84 Å². The van der Waals surface area contributed by atoms with Crippen LogP contribution in [0.5, 0.6) is 5.75 Å². The van der Waals surface area contributed by atoms with Crippen molar-refractivity contribution in [3.8, 4) is 5.75 Å². The van der Waals surface area contributed by atoms with Gasteiger partial charge in [-0.25, -0.2) is 4.98 Å². The van der Waals surface area contributed by atoms with Gasteiger partial charge >= 0.3 is 6.18 Å². The number of nitrogen functional groups attached to an aromatic ring is 1. The average molecular weight is 285 g/mol. The topological polar surface area (TPSA) is 60.2 Å². The van der Waals surface area contributed by atoms with Crippen LogP contribution < -0.4 is 16.0 Å². The molecule has 0 aliphatic carbocycles. The number of nitrogens with two attached hydrogens (primary N) is 1. The third-order valence-electron chi connectivity index (χ3n) is 2.76. The quantitative estimate of drug-likeness (QED) is 0.669. The zero-order chi connectivity index (χ0) is 14.8. The largest absolute Gasteiger partial charge is 0.482 e. The molecule has 2 rings (SSSR count). The Kier molecular flexibility index (Phi) is 3.99. The summed E-state index contributed by atoms with van der Waals surface area (Å²) in [6, 6.07) is 6.54. The lowest BCUT2D eigenvalue weighted by Crippen LogP contribution is -2.19. The minimum Gasteiger partial charge on any atom is -0.482 e. The van der Waals surface area contributed by atoms with E-state index in [0.717, 1.165) is 0 Å². The molecule has 0 aliphatic rings. The average Bonchev–Trinajstić information content (AvgIpc) is 2.42. The van der Waals surface area contributed by atoms with Crippen molar-refractivity contribution in [2.75, 3.05) is 12.0 Å². The van der Waals surface area contributed by atoms with Gasteiger partial charge in [0.05, 0.1) is 5.69 Å². The molecule has 7 heteroatoms. The van der Waals surface area contributed by atoms with Gasteiger partial charge in [-0.1, -0.05) is 19.1 Å². The summed E-state index contributed by atoms with van der Waals surface area (Å²) in [5.41, 5.74) is 4.21. The Morgan fingerprint density at radius 2 is 2.10 bits per heavy atom. The number of pyridine rings is 1. The molecule has 4 nitrogen and oxygen atoms in total. The molecule has 2 aromatic rings. The lowest BCUT2D eigenvalue weighted by atomic mass is 10.1. The van der Waals surface area contributed by atoms with Gasteiger partial charge in [0.2, 0.25) is 0 Å². The fourth-order valence-corrected chi connectivity index (χ4v) is 1.85. The summed E-state index contributed by atoms with van der Waals surface area (Å²) in [7, 11) is 0. The predicted molar refractivity (Wildman–Crippen MR) is 70.5 cm³/mol. The first-order valence-electron chi connectivity index (χ1n) is 6.03. The maximum Gasteiger partial charge on any atom is 0.422 e. The number of rotatable bonds is 4. The van der Waals surface area contributed by atoms with Gasteiger partial charge in [0.15, 0.2) is 6.61 Å². The number of ether oxygens (including phenoxy) is 1. The molecule has 20 heavy (non-hydrogen) atoms. The van der Waals surface area contributed by atoms with Gasteiger partial charge in [-0.15, -0.1) is 0 Å². The van der Waals surface area contributed by atoms with Crippen molar-refractivity contribution in [3.63, 3.8) is 0 Å². The Bertz CT molecular complexity index is 614. The summed E-state index contributed by atoms with van der Waals surface area (Å²) in [6.07, 6.45) is -3.75. The van der Waals surface area contributed by atoms with Crippen molar-refractivity contribution >= 4 is 16.6 Å². The molecule has 1 heterocycles. The standard InChI is InChI=1S/C13H14F3N3O/c1-2-8-6-10(19-17)9-4-3-5-11(12(9)18-8)20-7-13(14,15)16/h3-6H,2,7,17H2,1H3,(H,18,19). The molecule has 3 N–H and O–H groups in total. The summed E-state index contributed by atoms with van der Waals surface area (Å²) >= 11 is 0. The Morgan fingerprint density at radius 3 is 2.70 bits per heavy atom. The van der Waals surface area contributed by atoms with Gasteiger partial charge in [-0.05, 0) is 18.6 Å². The van der Waals surface area contributed by atoms with Crippen LogP contribution in [0, 0.1) is 0 Å². The molecule has 0 aliphatic heterocycles. The smallest absolute Gasteiger partial charge is 0.422 e. The van der Waals surface area contributed by atoms with Gasteiger partial charge in [0.25, 0.3) is 0 Å². The summed E-state index contributed by atoms with van der Waals surface area (Å²) < 4.78 is 41.6. The van der Waals surface area contributed by atoms with Crippen LogP contribution in [0.3, 0.4) is 0 Å². The number of hydrogen-bond donors (Lipinski definition) is 2. The van der Waals surface area contributed by atoms with Crippen LogP contribution in [0.25, 0.3) is 10.9 Å². The zero-order valence-corrected chi connectivity index (χ0v) is 10.8. The van der Waals surface area contributed by atoms with Crippen molar-refractivity contribution in [3.05, 3.63) is 30.0 Å². The minimum atomic E-state index is -4.39. The Balaban J connectivity index is 2.49. The van der Waals surface area contributed by atoms with Crippen LogP contribution in [0.15, 0.2) is 24.3 Å². The van der Waals surface area contributed by atoms with E-state index in [2.05, 4.69) is 10.4 Å². The van der Waals surface area contributed by atoms with Crippen LogP contribution in [-0.2, 0) is 6.42 Å². The van der Waals surface area contributed by atoms with E-state index >= 15 is 0 Å². The highest BCUT2D eigenvalue weighted by molar-refractivity contribution is 5.94. The molecule has 0 saturated carbocycles. The zero-order valence-electron chi connectivity index (χ0n) is 10.8. The number of aryl methyl sites for hydroxylation is 1. The Hall–Kier alpha value is -2.02. The Labute approximate surface area is 113 Å². The molecule has 0 atom stereocenters. The number of nitrogens with one attached hydrogen (secondary N) is 1. The van der Waals surface area contributed by atoms with E-state index in [1.54, 1.807) is 18.2 Å². The lowest BCUT2D eigenvalue weighted by Gasteiger charge is -2.13. The molecule has 0 saturated heterocycles. The SMILES string of the molecule is CCc1cc(NN)c2cccc(OCC(F)(F)F)c2n1. The van der Waals surface area contributed by atoms with Crippen molar-refractivity contribution in [2.45, 2.75) is 19.5 Å². The van der Waals surface area contributed by atoms with Crippen LogP contribution in [0.2, 0.25) is 0 Å². The second-order valence-electron chi connectivity index (χ2n) is 4.22. The summed E-state index contributed by atoms with van der Waals surface area (Å²) in [6.45, 7) is 0.545. The maximum absolute atomic E-state index is 12.3. The molecule has 0 fully saturated rings. The monoisotopic (exact) mass is 285 g/mol. The lowest BCUT2D eigenvalue weighted by molar-refractivity contribution is -0.153. The van der Waals surface area contributed by atoms with Gasteiger partial charge < -0.3 is 10.2 Å². The molecule has 0 radical (unpaired) electrons. The van der Waals surface area contributed by atoms with Gasteiger partial charge in [-0.2, -0.15) is 13.2 Å². The molecule has 108 valence electrons. The second kappa shape index (κ2) is 5.54. The van der Waals surface area contributed by atoms with Crippen LogP contribution >= 0.6 is 0 Å². The summed E-state index contributed by atoms with van der Waals surface area (Å²) in [5, 5.41) is 0.615. The second-order valence-corrected chi connectivity index (χ2v) is 4.22. The fourth-order valence-electron chi connectivity index (χ4n) is 1.85. The molecule has 0 amide bonds. The number of hydrogen-bond acceptors (Lipinski definition) is 4. The van der Waals surface area contributed by atoms with E-state index in [0.29, 0.717) is 28.7 Å². The van der Waals surface area contributed by atoms with Crippen LogP contribution in [0.4, 0.5) is 18.9 Å². The van der Waals surface area contributed by atoms with Gasteiger partial charge in [0.1, 0.15) is 11.3 Å². The van der Waals surface area contributed by atoms with Crippen LogP contribution in [-0.4, -0.2) is 17.8 Å². The number of aromatic nitrogens is 1. The maximum atomic E-state index is 12.3. The van der Waals surface area contributed by atoms with E-state index in [9.17, 15) is 13.2 Å². The Morgan fingerprint density at radius 1 is 1.35 bits per heavy atom. The first kappa shape index (κ1) is 14.4. The van der Waals surface area contributed by atoms with E-state index in [1.165, 1.54) is 6.07 Å². The third-order valence-corrected chi connectivity index (χ3v) is 2.76. The van der Waals surface area contributed by atoms with Crippen molar-refractivity contribution < 1.29 is 17.9 Å². The molecule has 0 unspecified atom stereocenters. The molecule has 0 spiro atoms. The number of anilines is 1. The van der Waals surface area contributed by atoms with Gasteiger partial charge in [0, 0.05) is 11.1 Å². The first-order chi connectivity index (χ1) is 9.44. The predicted octanol–water partition coefficient (Wildman–Crippen LogP) is 3.02. The highest BCUT2D eigenvalue weighted by atomic mass is 19.4. The summed E-state index contributed by atoms with van der Waals surface area (Å²) in [5.74, 6) is 5.52. The molecule has 1 aromatic heterocycles. The number of halogens is 3. The van der Waals surface area contributed by atoms with E-state index in [-0.39, 0.29) is 5.75 Å². The molecular formula is C13H14F3N3O. The normalized spacial score (nSPS) is 11.7. The molecular weight excluding hydrogens is 271 g/mol. The third kappa shape index (κ3) is 3.11. The van der Waals surface area contributed by atoms with E-state index in [1.807, 2.05) is 6.92 Å². The summed E-state index contributed by atoms with van der Waals surface area (Å²) in [4.78, 5) is 4.32. The van der Waals surface area contributed by atoms with Gasteiger partial charge in [-0.3, -0.25) is 5.84 Å². The highest BCUT2D eigenvalue weighted by Crippen LogP contribution is 2.30. The number of alkyl halides is 3. The fraction of sp³-hybridized carbons (Fsp3) is 0.308. The van der Waals surface area contributed by atoms with Crippen molar-refractivity contribution in [1.82, 2.24) is 4.98 Å². The number of benzene rings is 1. The van der Waals surface area contributed by atoms with E-state index in [4.69, 9.17) is 10.6 Å². The molecule has 0 bridgehead atoms. The minimum absolute atomic E-state index is 0.0895. The number of hydrazine groups is 1. The number of para-hydroxylation sites is 1. The number of fused-ring (bicyclic) bond motifs is 1. The van der Waals surface area contributed by atoms with Crippen LogP contribution in [0.1, 0.15) is 12.6 Å². The van der Waals surface area contributed by atoms with Crippen molar-refractivity contribution in [1.29, 1.82) is 0 Å². The molecule has 1 aromatic carbocycles. The highest BCUT2D eigenvalue weighted by Gasteiger charge is 2.28. The first-order valence-corrected chi connectivity index (χ1v) is 6.03. The van der Waals surface area contributed by atoms with E-state index < -0.39 is 12.8 Å².